The van der Waals surface area contributed by atoms with E-state index in [1.165, 1.54) is 0 Å². The van der Waals surface area contributed by atoms with E-state index in [1.54, 1.807) is 0 Å². The first kappa shape index (κ1) is 20.2. The molecule has 0 saturated heterocycles. The molecule has 2 fully saturated rings. The number of hydrogen-bond acceptors (Lipinski definition) is 4. The van der Waals surface area contributed by atoms with Gasteiger partial charge in [0.15, 0.2) is 0 Å². The van der Waals surface area contributed by atoms with Crippen molar-refractivity contribution in [2.45, 2.75) is 76.8 Å². The Bertz CT molecular complexity index is 570. The maximum absolute atomic E-state index is 12.2. The SMILES string of the molecule is CC1CCC(NS(=O)(=O)CC(=O)N[C@H]2CCCCC[C@H]2C(=O)O)CC1. The first-order chi connectivity index (χ1) is 11.8. The van der Waals surface area contributed by atoms with Crippen molar-refractivity contribution in [1.29, 1.82) is 0 Å². The van der Waals surface area contributed by atoms with Gasteiger partial charge in [-0.2, -0.15) is 0 Å². The molecule has 2 aliphatic carbocycles. The molecule has 0 bridgehead atoms. The molecule has 3 N–H and O–H groups in total. The number of carbonyl (C=O) groups is 2. The number of carbonyl (C=O) groups excluding carboxylic acids is 1. The molecule has 0 radical (unpaired) electrons. The Balaban J connectivity index is 1.87. The van der Waals surface area contributed by atoms with E-state index in [2.05, 4.69) is 17.0 Å². The maximum Gasteiger partial charge on any atom is 0.308 e. The molecule has 7 nitrogen and oxygen atoms in total. The van der Waals surface area contributed by atoms with Gasteiger partial charge in [-0.3, -0.25) is 9.59 Å². The molecule has 2 aliphatic rings. The largest absolute Gasteiger partial charge is 0.481 e. The summed E-state index contributed by atoms with van der Waals surface area (Å²) in [7, 11) is -3.70. The fraction of sp³-hybridized carbons (Fsp3) is 0.882. The van der Waals surface area contributed by atoms with Gasteiger partial charge >= 0.3 is 5.97 Å². The molecule has 2 rings (SSSR count). The summed E-state index contributed by atoms with van der Waals surface area (Å²) >= 11 is 0. The van der Waals surface area contributed by atoms with Gasteiger partial charge in [-0.1, -0.05) is 26.2 Å². The van der Waals surface area contributed by atoms with Gasteiger partial charge < -0.3 is 10.4 Å². The highest BCUT2D eigenvalue weighted by Gasteiger charge is 2.32. The van der Waals surface area contributed by atoms with Gasteiger partial charge in [0, 0.05) is 12.1 Å². The number of amides is 1. The van der Waals surface area contributed by atoms with Crippen LogP contribution >= 0.6 is 0 Å². The van der Waals surface area contributed by atoms with Crippen LogP contribution in [-0.4, -0.2) is 43.2 Å². The molecule has 0 heterocycles. The zero-order chi connectivity index (χ0) is 18.4. The van der Waals surface area contributed by atoms with Gasteiger partial charge in [-0.05, 0) is 44.4 Å². The van der Waals surface area contributed by atoms with Gasteiger partial charge in [-0.25, -0.2) is 13.1 Å². The smallest absolute Gasteiger partial charge is 0.308 e. The van der Waals surface area contributed by atoms with Crippen molar-refractivity contribution in [2.75, 3.05) is 5.75 Å². The van der Waals surface area contributed by atoms with Crippen LogP contribution in [0.2, 0.25) is 0 Å². The Hall–Kier alpha value is -1.15. The Morgan fingerprint density at radius 2 is 1.64 bits per heavy atom. The van der Waals surface area contributed by atoms with Gasteiger partial charge in [0.25, 0.3) is 0 Å². The summed E-state index contributed by atoms with van der Waals surface area (Å²) < 4.78 is 27.1. The van der Waals surface area contributed by atoms with E-state index in [4.69, 9.17) is 0 Å². The lowest BCUT2D eigenvalue weighted by molar-refractivity contribution is -0.143. The third kappa shape index (κ3) is 6.58. The summed E-state index contributed by atoms with van der Waals surface area (Å²) in [6.07, 6.45) is 7.28. The van der Waals surface area contributed by atoms with Crippen LogP contribution in [0.3, 0.4) is 0 Å². The third-order valence-electron chi connectivity index (χ3n) is 5.36. The lowest BCUT2D eigenvalue weighted by Crippen LogP contribution is -2.47. The van der Waals surface area contributed by atoms with Crippen LogP contribution in [-0.2, 0) is 19.6 Å². The molecular weight excluding hydrogens is 344 g/mol. The predicted octanol–water partition coefficient (Wildman–Crippen LogP) is 1.63. The number of carboxylic acids is 1. The summed E-state index contributed by atoms with van der Waals surface area (Å²) in [6, 6.07) is -0.586. The van der Waals surface area contributed by atoms with Crippen molar-refractivity contribution in [2.24, 2.45) is 11.8 Å². The highest BCUT2D eigenvalue weighted by Crippen LogP contribution is 2.25. The molecule has 144 valence electrons. The van der Waals surface area contributed by atoms with E-state index in [9.17, 15) is 23.1 Å². The van der Waals surface area contributed by atoms with Crippen LogP contribution in [0.4, 0.5) is 0 Å². The van der Waals surface area contributed by atoms with Crippen LogP contribution in [0.15, 0.2) is 0 Å². The number of sulfonamides is 1. The van der Waals surface area contributed by atoms with E-state index < -0.39 is 39.6 Å². The fourth-order valence-electron chi connectivity index (χ4n) is 3.87. The average Bonchev–Trinajstić information content (AvgIpc) is 2.74. The first-order valence-corrected chi connectivity index (χ1v) is 10.9. The fourth-order valence-corrected chi connectivity index (χ4v) is 5.13. The van der Waals surface area contributed by atoms with Crippen LogP contribution in [0.1, 0.15) is 64.7 Å². The number of nitrogens with one attached hydrogen (secondary N) is 2. The van der Waals surface area contributed by atoms with Crippen molar-refractivity contribution >= 4 is 21.9 Å². The number of aliphatic carboxylic acids is 1. The molecule has 1 amide bonds. The van der Waals surface area contributed by atoms with E-state index in [0.29, 0.717) is 18.8 Å². The predicted molar refractivity (Wildman–Crippen MR) is 94.5 cm³/mol. The van der Waals surface area contributed by atoms with E-state index in [0.717, 1.165) is 44.9 Å². The second-order valence-corrected chi connectivity index (χ2v) is 9.34. The number of rotatable bonds is 6. The summed E-state index contributed by atoms with van der Waals surface area (Å²) in [5.41, 5.74) is 0. The first-order valence-electron chi connectivity index (χ1n) is 9.29. The van der Waals surface area contributed by atoms with Crippen LogP contribution < -0.4 is 10.0 Å². The minimum Gasteiger partial charge on any atom is -0.481 e. The summed E-state index contributed by atoms with van der Waals surface area (Å²) in [6.45, 7) is 2.16. The zero-order valence-electron chi connectivity index (χ0n) is 14.9. The minimum atomic E-state index is -3.70. The van der Waals surface area contributed by atoms with Crippen molar-refractivity contribution in [3.63, 3.8) is 0 Å². The van der Waals surface area contributed by atoms with Crippen LogP contribution in [0.25, 0.3) is 0 Å². The number of hydrogen-bond donors (Lipinski definition) is 3. The molecule has 2 atom stereocenters. The Morgan fingerprint density at radius 3 is 2.28 bits per heavy atom. The third-order valence-corrected chi connectivity index (χ3v) is 6.70. The molecule has 25 heavy (non-hydrogen) atoms. The van der Waals surface area contributed by atoms with E-state index in [1.807, 2.05) is 0 Å². The molecule has 2 saturated carbocycles. The lowest BCUT2D eigenvalue weighted by Gasteiger charge is -2.27. The molecule has 8 heteroatoms. The Morgan fingerprint density at radius 1 is 1.00 bits per heavy atom. The van der Waals surface area contributed by atoms with Crippen LogP contribution in [0, 0.1) is 11.8 Å². The van der Waals surface area contributed by atoms with Crippen molar-refractivity contribution < 1.29 is 23.1 Å². The van der Waals surface area contributed by atoms with Crippen LogP contribution in [0.5, 0.6) is 0 Å². The quantitative estimate of drug-likeness (QED) is 0.612. The monoisotopic (exact) mass is 374 g/mol. The lowest BCUT2D eigenvalue weighted by atomic mass is 9.88. The molecule has 0 unspecified atom stereocenters. The molecule has 0 aromatic carbocycles. The summed E-state index contributed by atoms with van der Waals surface area (Å²) in [5, 5.41) is 12.0. The zero-order valence-corrected chi connectivity index (χ0v) is 15.7. The van der Waals surface area contributed by atoms with Gasteiger partial charge in [-0.15, -0.1) is 0 Å². The highest BCUT2D eigenvalue weighted by atomic mass is 32.2. The minimum absolute atomic E-state index is 0.0985. The maximum atomic E-state index is 12.2. The molecular formula is C17H30N2O5S. The second kappa shape index (κ2) is 8.98. The van der Waals surface area contributed by atoms with Crippen molar-refractivity contribution in [3.8, 4) is 0 Å². The molecule has 0 aromatic rings. The highest BCUT2D eigenvalue weighted by molar-refractivity contribution is 7.90. The van der Waals surface area contributed by atoms with Gasteiger partial charge in [0.05, 0.1) is 5.92 Å². The normalized spacial score (nSPS) is 31.1. The molecule has 0 aliphatic heterocycles. The Kier molecular flexibility index (Phi) is 7.25. The van der Waals surface area contributed by atoms with Gasteiger partial charge in [0.2, 0.25) is 15.9 Å². The average molecular weight is 375 g/mol. The van der Waals surface area contributed by atoms with E-state index >= 15 is 0 Å². The number of carboxylic acid groups (broad SMARTS) is 1. The summed E-state index contributed by atoms with van der Waals surface area (Å²) in [5.74, 6) is -2.20. The second-order valence-electron chi connectivity index (χ2n) is 7.59. The van der Waals surface area contributed by atoms with Crippen molar-refractivity contribution in [1.82, 2.24) is 10.0 Å². The molecule has 0 spiro atoms. The van der Waals surface area contributed by atoms with Crippen molar-refractivity contribution in [3.05, 3.63) is 0 Å². The van der Waals surface area contributed by atoms with Gasteiger partial charge in [0.1, 0.15) is 5.75 Å². The summed E-state index contributed by atoms with van der Waals surface area (Å²) in [4.78, 5) is 23.6. The standard InChI is InChI=1S/C17H30N2O5S/c1-12-7-9-13(10-8-12)19-25(23,24)11-16(20)18-15-6-4-2-3-5-14(15)17(21)22/h12-15,19H,2-11H2,1H3,(H,18,20)(H,21,22)/t12?,13?,14-,15+/m1/s1. The Labute approximate surface area is 150 Å². The molecule has 0 aromatic heterocycles. The van der Waals surface area contributed by atoms with E-state index in [-0.39, 0.29) is 6.04 Å². The topological polar surface area (TPSA) is 113 Å².